The normalized spacial score (nSPS) is 14.5. The molecule has 20 heavy (non-hydrogen) atoms. The maximum Gasteiger partial charge on any atom is 0.0593 e. The highest BCUT2D eigenvalue weighted by atomic mass is 35.5. The van der Waals surface area contributed by atoms with E-state index in [4.69, 9.17) is 17.3 Å². The Hall–Kier alpha value is -0.870. The molecule has 0 spiro atoms. The molecule has 108 valence electrons. The summed E-state index contributed by atoms with van der Waals surface area (Å²) in [6.45, 7) is 5.05. The lowest BCUT2D eigenvalue weighted by Gasteiger charge is -2.31. The molecule has 0 saturated carbocycles. The van der Waals surface area contributed by atoms with Crippen LogP contribution in [0.25, 0.3) is 0 Å². The molecule has 1 aromatic heterocycles. The van der Waals surface area contributed by atoms with E-state index in [1.54, 1.807) is 11.3 Å². The SMILES string of the molecule is Cc1ccsc1C(C(C)N)N(C)Cc1cccc(Cl)c1. The van der Waals surface area contributed by atoms with Crippen molar-refractivity contribution in [2.24, 2.45) is 5.73 Å². The van der Waals surface area contributed by atoms with Gasteiger partial charge in [0, 0.05) is 22.5 Å². The van der Waals surface area contributed by atoms with Gasteiger partial charge in [-0.15, -0.1) is 11.3 Å². The Labute approximate surface area is 130 Å². The van der Waals surface area contributed by atoms with Crippen LogP contribution in [-0.2, 0) is 6.54 Å². The fraction of sp³-hybridized carbons (Fsp3) is 0.375. The molecule has 2 nitrogen and oxygen atoms in total. The van der Waals surface area contributed by atoms with Gasteiger partial charge in [-0.2, -0.15) is 0 Å². The van der Waals surface area contributed by atoms with Crippen LogP contribution in [-0.4, -0.2) is 18.0 Å². The van der Waals surface area contributed by atoms with Crippen LogP contribution in [0.15, 0.2) is 35.7 Å². The molecule has 0 aliphatic rings. The van der Waals surface area contributed by atoms with Crippen LogP contribution < -0.4 is 5.73 Å². The number of nitrogens with two attached hydrogens (primary N) is 1. The third-order valence-electron chi connectivity index (χ3n) is 3.46. The van der Waals surface area contributed by atoms with Crippen molar-refractivity contribution >= 4 is 22.9 Å². The molecule has 2 aromatic rings. The number of rotatable bonds is 5. The zero-order valence-corrected chi connectivity index (χ0v) is 13.7. The zero-order chi connectivity index (χ0) is 14.7. The molecule has 0 saturated heterocycles. The van der Waals surface area contributed by atoms with Gasteiger partial charge >= 0.3 is 0 Å². The van der Waals surface area contributed by atoms with Crippen molar-refractivity contribution in [1.82, 2.24) is 4.90 Å². The Bertz CT molecular complexity index is 565. The lowest BCUT2D eigenvalue weighted by molar-refractivity contribution is 0.213. The lowest BCUT2D eigenvalue weighted by Crippen LogP contribution is -2.36. The molecule has 0 fully saturated rings. The molecule has 2 N–H and O–H groups in total. The second kappa shape index (κ2) is 6.72. The highest BCUT2D eigenvalue weighted by Gasteiger charge is 2.23. The van der Waals surface area contributed by atoms with Crippen molar-refractivity contribution in [2.45, 2.75) is 32.5 Å². The average Bonchev–Trinajstić information content (AvgIpc) is 2.75. The summed E-state index contributed by atoms with van der Waals surface area (Å²) in [4.78, 5) is 3.65. The standard InChI is InChI=1S/C16H21ClN2S/c1-11-7-8-20-16(11)15(12(2)18)19(3)10-13-5-4-6-14(17)9-13/h4-9,12,15H,10,18H2,1-3H3. The van der Waals surface area contributed by atoms with E-state index in [-0.39, 0.29) is 12.1 Å². The number of thiophene rings is 1. The summed E-state index contributed by atoms with van der Waals surface area (Å²) in [5.74, 6) is 0. The monoisotopic (exact) mass is 308 g/mol. The highest BCUT2D eigenvalue weighted by Crippen LogP contribution is 2.31. The average molecular weight is 309 g/mol. The van der Waals surface area contributed by atoms with E-state index in [1.165, 1.54) is 16.0 Å². The van der Waals surface area contributed by atoms with E-state index >= 15 is 0 Å². The van der Waals surface area contributed by atoms with Crippen molar-refractivity contribution in [1.29, 1.82) is 0 Å². The molecule has 0 aliphatic heterocycles. The first-order valence-electron chi connectivity index (χ1n) is 6.73. The minimum atomic E-state index is 0.0801. The molecule has 2 atom stereocenters. The molecule has 2 unspecified atom stereocenters. The number of nitrogens with zero attached hydrogens (tertiary/aromatic N) is 1. The summed E-state index contributed by atoms with van der Waals surface area (Å²) in [6, 6.07) is 10.5. The quantitative estimate of drug-likeness (QED) is 0.895. The van der Waals surface area contributed by atoms with E-state index in [2.05, 4.69) is 43.3 Å². The summed E-state index contributed by atoms with van der Waals surface area (Å²) in [6.07, 6.45) is 0. The smallest absolute Gasteiger partial charge is 0.0593 e. The molecule has 0 aliphatic carbocycles. The van der Waals surface area contributed by atoms with Gasteiger partial charge in [-0.25, -0.2) is 0 Å². The van der Waals surface area contributed by atoms with Gasteiger partial charge in [0.15, 0.2) is 0 Å². The number of hydrogen-bond acceptors (Lipinski definition) is 3. The molecule has 0 amide bonds. The van der Waals surface area contributed by atoms with E-state index in [9.17, 15) is 0 Å². The molecular formula is C16H21ClN2S. The summed E-state index contributed by atoms with van der Waals surface area (Å²) in [7, 11) is 2.12. The third-order valence-corrected chi connectivity index (χ3v) is 4.79. The predicted molar refractivity (Wildman–Crippen MR) is 88.4 cm³/mol. The third kappa shape index (κ3) is 3.61. The Morgan fingerprint density at radius 1 is 1.35 bits per heavy atom. The van der Waals surface area contributed by atoms with Crippen LogP contribution in [0.1, 0.15) is 29.0 Å². The van der Waals surface area contributed by atoms with Gasteiger partial charge < -0.3 is 5.73 Å². The van der Waals surface area contributed by atoms with Crippen LogP contribution in [0.2, 0.25) is 5.02 Å². The second-order valence-corrected chi connectivity index (χ2v) is 6.70. The van der Waals surface area contributed by atoms with Crippen molar-refractivity contribution in [3.8, 4) is 0 Å². The molecular weight excluding hydrogens is 288 g/mol. The van der Waals surface area contributed by atoms with Gasteiger partial charge in [0.05, 0.1) is 6.04 Å². The highest BCUT2D eigenvalue weighted by molar-refractivity contribution is 7.10. The van der Waals surface area contributed by atoms with E-state index < -0.39 is 0 Å². The summed E-state index contributed by atoms with van der Waals surface area (Å²) >= 11 is 7.83. The van der Waals surface area contributed by atoms with Crippen molar-refractivity contribution in [2.75, 3.05) is 7.05 Å². The van der Waals surface area contributed by atoms with Crippen LogP contribution >= 0.6 is 22.9 Å². The number of hydrogen-bond donors (Lipinski definition) is 1. The van der Waals surface area contributed by atoms with E-state index in [0.29, 0.717) is 0 Å². The molecule has 1 aromatic carbocycles. The largest absolute Gasteiger partial charge is 0.326 e. The molecule has 2 rings (SSSR count). The Kier molecular flexibility index (Phi) is 5.22. The minimum absolute atomic E-state index is 0.0801. The fourth-order valence-electron chi connectivity index (χ4n) is 2.55. The number of aryl methyl sites for hydroxylation is 1. The van der Waals surface area contributed by atoms with Gasteiger partial charge in [-0.05, 0) is 55.6 Å². The summed E-state index contributed by atoms with van der Waals surface area (Å²) in [5, 5.41) is 2.91. The molecule has 0 radical (unpaired) electrons. The first-order valence-corrected chi connectivity index (χ1v) is 7.99. The summed E-state index contributed by atoms with van der Waals surface area (Å²) in [5.41, 5.74) is 8.74. The van der Waals surface area contributed by atoms with Crippen LogP contribution in [0.4, 0.5) is 0 Å². The number of likely N-dealkylation sites (N-methyl/N-ethyl adjacent to an activating group) is 1. The maximum absolute atomic E-state index is 6.22. The maximum atomic E-state index is 6.22. The number of halogens is 1. The lowest BCUT2D eigenvalue weighted by atomic mass is 10.0. The van der Waals surface area contributed by atoms with Gasteiger partial charge in [0.2, 0.25) is 0 Å². The molecule has 0 bridgehead atoms. The van der Waals surface area contributed by atoms with Crippen LogP contribution in [0.3, 0.4) is 0 Å². The van der Waals surface area contributed by atoms with Crippen molar-refractivity contribution in [3.63, 3.8) is 0 Å². The fourth-order valence-corrected chi connectivity index (χ4v) is 3.97. The summed E-state index contributed by atoms with van der Waals surface area (Å²) < 4.78 is 0. The van der Waals surface area contributed by atoms with E-state index in [0.717, 1.165) is 11.6 Å². The Morgan fingerprint density at radius 2 is 2.10 bits per heavy atom. The predicted octanol–water partition coefficient (Wildman–Crippen LogP) is 4.23. The van der Waals surface area contributed by atoms with Crippen LogP contribution in [0, 0.1) is 6.92 Å². The minimum Gasteiger partial charge on any atom is -0.326 e. The topological polar surface area (TPSA) is 29.3 Å². The first-order chi connectivity index (χ1) is 9.49. The molecule has 1 heterocycles. The van der Waals surface area contributed by atoms with Crippen molar-refractivity contribution in [3.05, 3.63) is 56.7 Å². The van der Waals surface area contributed by atoms with Gasteiger partial charge in [-0.3, -0.25) is 4.90 Å². The Morgan fingerprint density at radius 3 is 2.65 bits per heavy atom. The van der Waals surface area contributed by atoms with E-state index in [1.807, 2.05) is 18.2 Å². The van der Waals surface area contributed by atoms with Crippen LogP contribution in [0.5, 0.6) is 0 Å². The Balaban J connectivity index is 2.20. The molecule has 4 heteroatoms. The second-order valence-electron chi connectivity index (χ2n) is 5.32. The first kappa shape index (κ1) is 15.5. The van der Waals surface area contributed by atoms with Gasteiger partial charge in [-0.1, -0.05) is 23.7 Å². The zero-order valence-electron chi connectivity index (χ0n) is 12.1. The van der Waals surface area contributed by atoms with Crippen molar-refractivity contribution < 1.29 is 0 Å². The van der Waals surface area contributed by atoms with Gasteiger partial charge in [0.1, 0.15) is 0 Å². The van der Waals surface area contributed by atoms with Gasteiger partial charge in [0.25, 0.3) is 0 Å². The number of benzene rings is 1.